The highest BCUT2D eigenvalue weighted by molar-refractivity contribution is 6.31. The highest BCUT2D eigenvalue weighted by Gasteiger charge is 2.24. The molecule has 0 saturated carbocycles. The molecule has 24 heavy (non-hydrogen) atoms. The van der Waals surface area contributed by atoms with E-state index < -0.39 is 12.1 Å². The lowest BCUT2D eigenvalue weighted by Gasteiger charge is -2.29. The lowest BCUT2D eigenvalue weighted by molar-refractivity contribution is -0.145. The van der Waals surface area contributed by atoms with Gasteiger partial charge in [-0.25, -0.2) is 4.79 Å². The van der Waals surface area contributed by atoms with Gasteiger partial charge in [-0.3, -0.25) is 0 Å². The molecule has 4 nitrogen and oxygen atoms in total. The summed E-state index contributed by atoms with van der Waals surface area (Å²) < 4.78 is 5.68. The minimum absolute atomic E-state index is 0.384. The third kappa shape index (κ3) is 3.82. The first-order valence-corrected chi connectivity index (χ1v) is 8.52. The zero-order valence-electron chi connectivity index (χ0n) is 13.3. The van der Waals surface area contributed by atoms with Crippen LogP contribution in [-0.2, 0) is 4.79 Å². The lowest BCUT2D eigenvalue weighted by atomic mass is 10.1. The molecule has 2 aromatic carbocycles. The molecule has 0 aromatic heterocycles. The lowest BCUT2D eigenvalue weighted by Crippen LogP contribution is -2.29. The summed E-state index contributed by atoms with van der Waals surface area (Å²) >= 11 is 6.11. The van der Waals surface area contributed by atoms with Crippen molar-refractivity contribution in [3.05, 3.63) is 59.1 Å². The average Bonchev–Trinajstić information content (AvgIpc) is 2.61. The number of carboxylic acids is 1. The molecular weight excluding hydrogens is 326 g/mol. The van der Waals surface area contributed by atoms with E-state index in [1.165, 1.54) is 19.3 Å². The van der Waals surface area contributed by atoms with E-state index in [-0.39, 0.29) is 0 Å². The van der Waals surface area contributed by atoms with E-state index in [1.54, 1.807) is 24.3 Å². The number of hydrogen-bond donors (Lipinski definition) is 1. The Morgan fingerprint density at radius 2 is 1.71 bits per heavy atom. The van der Waals surface area contributed by atoms with Crippen LogP contribution in [0.1, 0.15) is 30.9 Å². The van der Waals surface area contributed by atoms with Crippen LogP contribution >= 0.6 is 11.6 Å². The molecule has 0 radical (unpaired) electrons. The van der Waals surface area contributed by atoms with E-state index in [0.717, 1.165) is 18.8 Å². The summed E-state index contributed by atoms with van der Waals surface area (Å²) in [5.41, 5.74) is 1.60. The molecule has 1 heterocycles. The van der Waals surface area contributed by atoms with Gasteiger partial charge in [0.1, 0.15) is 5.75 Å². The van der Waals surface area contributed by atoms with E-state index in [1.807, 2.05) is 24.3 Å². The van der Waals surface area contributed by atoms with Gasteiger partial charge in [0.15, 0.2) is 0 Å². The average molecular weight is 346 g/mol. The van der Waals surface area contributed by atoms with Crippen LogP contribution in [0.15, 0.2) is 48.5 Å². The molecule has 1 saturated heterocycles. The summed E-state index contributed by atoms with van der Waals surface area (Å²) in [6, 6.07) is 14.4. The van der Waals surface area contributed by atoms with Gasteiger partial charge in [0, 0.05) is 29.4 Å². The number of rotatable bonds is 5. The van der Waals surface area contributed by atoms with Crippen molar-refractivity contribution in [2.75, 3.05) is 18.0 Å². The van der Waals surface area contributed by atoms with Crippen LogP contribution in [0.5, 0.6) is 5.75 Å². The highest BCUT2D eigenvalue weighted by Crippen LogP contribution is 2.29. The van der Waals surface area contributed by atoms with Crippen molar-refractivity contribution in [1.29, 1.82) is 0 Å². The SMILES string of the molecule is O=C(O)C(Oc1ccc(N2CCCCC2)cc1)c1ccccc1Cl. The topological polar surface area (TPSA) is 49.8 Å². The molecule has 0 aliphatic carbocycles. The number of piperidine rings is 1. The van der Waals surface area contributed by atoms with Crippen molar-refractivity contribution in [2.45, 2.75) is 25.4 Å². The van der Waals surface area contributed by atoms with Crippen molar-refractivity contribution >= 4 is 23.3 Å². The predicted octanol–water partition coefficient (Wildman–Crippen LogP) is 4.54. The maximum atomic E-state index is 11.6. The van der Waals surface area contributed by atoms with Crippen LogP contribution in [0.3, 0.4) is 0 Å². The van der Waals surface area contributed by atoms with Gasteiger partial charge in [-0.05, 0) is 49.6 Å². The van der Waals surface area contributed by atoms with Crippen LogP contribution in [0.4, 0.5) is 5.69 Å². The molecule has 2 aromatic rings. The molecule has 3 rings (SSSR count). The fraction of sp³-hybridized carbons (Fsp3) is 0.316. The first kappa shape index (κ1) is 16.7. The van der Waals surface area contributed by atoms with Gasteiger partial charge in [0.25, 0.3) is 0 Å². The molecule has 1 atom stereocenters. The maximum Gasteiger partial charge on any atom is 0.349 e. The molecule has 1 aliphatic heterocycles. The Hall–Kier alpha value is -2.20. The standard InChI is InChI=1S/C19H20ClNO3/c20-17-7-3-2-6-16(17)18(19(22)23)24-15-10-8-14(9-11-15)21-12-4-1-5-13-21/h2-3,6-11,18H,1,4-5,12-13H2,(H,22,23). The number of carbonyl (C=O) groups is 1. The summed E-state index contributed by atoms with van der Waals surface area (Å²) in [5.74, 6) is -0.550. The third-order valence-electron chi connectivity index (χ3n) is 4.22. The number of anilines is 1. The van der Waals surface area contributed by atoms with Gasteiger partial charge >= 0.3 is 5.97 Å². The van der Waals surface area contributed by atoms with Gasteiger partial charge in [-0.15, -0.1) is 0 Å². The Morgan fingerprint density at radius 1 is 1.04 bits per heavy atom. The molecule has 1 aliphatic rings. The third-order valence-corrected chi connectivity index (χ3v) is 4.57. The maximum absolute atomic E-state index is 11.6. The van der Waals surface area contributed by atoms with Crippen molar-refractivity contribution in [3.63, 3.8) is 0 Å². The van der Waals surface area contributed by atoms with Crippen LogP contribution in [0.2, 0.25) is 5.02 Å². The first-order valence-electron chi connectivity index (χ1n) is 8.14. The summed E-state index contributed by atoms with van der Waals surface area (Å²) in [6.07, 6.45) is 2.59. The first-order chi connectivity index (χ1) is 11.6. The largest absolute Gasteiger partial charge is 0.478 e. The van der Waals surface area contributed by atoms with Crippen molar-refractivity contribution in [1.82, 2.24) is 0 Å². The second-order valence-electron chi connectivity index (χ2n) is 5.90. The minimum Gasteiger partial charge on any atom is -0.478 e. The Morgan fingerprint density at radius 3 is 2.33 bits per heavy atom. The molecule has 5 heteroatoms. The molecule has 0 amide bonds. The smallest absolute Gasteiger partial charge is 0.349 e. The molecule has 126 valence electrons. The second kappa shape index (κ2) is 7.58. The zero-order chi connectivity index (χ0) is 16.9. The molecule has 1 fully saturated rings. The molecule has 1 N–H and O–H groups in total. The van der Waals surface area contributed by atoms with E-state index in [9.17, 15) is 9.90 Å². The number of nitrogens with zero attached hydrogens (tertiary/aromatic N) is 1. The van der Waals surface area contributed by atoms with Crippen LogP contribution < -0.4 is 9.64 Å². The van der Waals surface area contributed by atoms with Crippen LogP contribution in [0.25, 0.3) is 0 Å². The normalized spacial score (nSPS) is 15.8. The minimum atomic E-state index is -1.13. The molecule has 0 spiro atoms. The van der Waals surface area contributed by atoms with Gasteiger partial charge in [-0.1, -0.05) is 29.8 Å². The second-order valence-corrected chi connectivity index (χ2v) is 6.31. The van der Waals surface area contributed by atoms with E-state index in [4.69, 9.17) is 16.3 Å². The molecular formula is C19H20ClNO3. The van der Waals surface area contributed by atoms with Crippen LogP contribution in [-0.4, -0.2) is 24.2 Å². The summed E-state index contributed by atoms with van der Waals surface area (Å²) in [6.45, 7) is 2.13. The fourth-order valence-electron chi connectivity index (χ4n) is 2.96. The quantitative estimate of drug-likeness (QED) is 0.864. The van der Waals surface area contributed by atoms with Crippen molar-refractivity contribution in [2.24, 2.45) is 0 Å². The zero-order valence-corrected chi connectivity index (χ0v) is 14.1. The van der Waals surface area contributed by atoms with Gasteiger partial charge < -0.3 is 14.7 Å². The van der Waals surface area contributed by atoms with Crippen molar-refractivity contribution < 1.29 is 14.6 Å². The van der Waals surface area contributed by atoms with E-state index in [0.29, 0.717) is 16.3 Å². The molecule has 1 unspecified atom stereocenters. The monoisotopic (exact) mass is 345 g/mol. The number of benzene rings is 2. The summed E-state index contributed by atoms with van der Waals surface area (Å²) in [5, 5.41) is 9.86. The number of hydrogen-bond acceptors (Lipinski definition) is 3. The number of carboxylic acid groups (broad SMARTS) is 1. The Bertz CT molecular complexity index is 696. The summed E-state index contributed by atoms with van der Waals surface area (Å²) in [7, 11) is 0. The van der Waals surface area contributed by atoms with Gasteiger partial charge in [0.05, 0.1) is 0 Å². The number of aliphatic carboxylic acids is 1. The Balaban J connectivity index is 1.76. The molecule has 0 bridgehead atoms. The van der Waals surface area contributed by atoms with Gasteiger partial charge in [0.2, 0.25) is 6.10 Å². The number of ether oxygens (including phenoxy) is 1. The Labute approximate surface area is 146 Å². The van der Waals surface area contributed by atoms with Crippen LogP contribution in [0, 0.1) is 0 Å². The highest BCUT2D eigenvalue weighted by atomic mass is 35.5. The Kier molecular flexibility index (Phi) is 5.26. The predicted molar refractivity (Wildman–Crippen MR) is 95.0 cm³/mol. The van der Waals surface area contributed by atoms with Gasteiger partial charge in [-0.2, -0.15) is 0 Å². The fourth-order valence-corrected chi connectivity index (χ4v) is 3.19. The van der Waals surface area contributed by atoms with Crippen molar-refractivity contribution in [3.8, 4) is 5.75 Å². The van der Waals surface area contributed by atoms with E-state index >= 15 is 0 Å². The van der Waals surface area contributed by atoms with E-state index in [2.05, 4.69) is 4.90 Å². The summed E-state index contributed by atoms with van der Waals surface area (Å²) in [4.78, 5) is 13.9. The number of halogens is 1.